The maximum atomic E-state index is 6.05. The van der Waals surface area contributed by atoms with E-state index < -0.39 is 0 Å². The van der Waals surface area contributed by atoms with Crippen molar-refractivity contribution < 1.29 is 0 Å². The van der Waals surface area contributed by atoms with Crippen LogP contribution in [0.25, 0.3) is 16.5 Å². The Morgan fingerprint density at radius 1 is 1.00 bits per heavy atom. The molecule has 2 N–H and O–H groups in total. The van der Waals surface area contributed by atoms with Crippen molar-refractivity contribution in [3.8, 4) is 0 Å². The fourth-order valence-corrected chi connectivity index (χ4v) is 5.01. The van der Waals surface area contributed by atoms with Crippen molar-refractivity contribution >= 4 is 28.1 Å². The van der Waals surface area contributed by atoms with Gasteiger partial charge in [0.15, 0.2) is 0 Å². The lowest BCUT2D eigenvalue weighted by Gasteiger charge is -2.30. The first-order chi connectivity index (χ1) is 13.3. The molecule has 0 fully saturated rings. The highest BCUT2D eigenvalue weighted by atomic mass is 35.5. The number of rotatable bonds is 3. The standard InChI is InChI=1S/C24H25ClN2/c25-19-8-6-17(7-9-19)18-11-12-26-20(15-18)13-16-5-10-24-22(14-16)21-3-1-2-4-23(21)27-24/h1-4,6-9,11,16,20,26-27H,5,10,12-15H2. The monoisotopic (exact) mass is 376 g/mol. The number of aromatic nitrogens is 1. The van der Waals surface area contributed by atoms with Crippen LogP contribution in [0.5, 0.6) is 0 Å². The van der Waals surface area contributed by atoms with E-state index in [1.165, 1.54) is 53.4 Å². The van der Waals surface area contributed by atoms with Gasteiger partial charge < -0.3 is 10.3 Å². The second kappa shape index (κ2) is 7.18. The zero-order valence-corrected chi connectivity index (χ0v) is 16.2. The number of hydrogen-bond acceptors (Lipinski definition) is 1. The quantitative estimate of drug-likeness (QED) is 0.597. The van der Waals surface area contributed by atoms with Crippen LogP contribution in [0.1, 0.15) is 36.1 Å². The summed E-state index contributed by atoms with van der Waals surface area (Å²) in [4.78, 5) is 3.64. The molecule has 1 aliphatic carbocycles. The third-order valence-electron chi connectivity index (χ3n) is 6.25. The summed E-state index contributed by atoms with van der Waals surface area (Å²) >= 11 is 6.05. The number of nitrogens with one attached hydrogen (secondary N) is 2. The number of hydrogen-bond donors (Lipinski definition) is 2. The minimum atomic E-state index is 0.567. The third-order valence-corrected chi connectivity index (χ3v) is 6.50. The average Bonchev–Trinajstić information content (AvgIpc) is 3.07. The molecule has 1 aromatic heterocycles. The van der Waals surface area contributed by atoms with Crippen molar-refractivity contribution in [1.82, 2.24) is 10.3 Å². The highest BCUT2D eigenvalue weighted by Gasteiger charge is 2.26. The summed E-state index contributed by atoms with van der Waals surface area (Å²) in [5.74, 6) is 0.763. The van der Waals surface area contributed by atoms with Crippen LogP contribution in [0, 0.1) is 5.92 Å². The van der Waals surface area contributed by atoms with Crippen LogP contribution < -0.4 is 5.32 Å². The van der Waals surface area contributed by atoms with Crippen molar-refractivity contribution in [2.45, 2.75) is 38.1 Å². The lowest BCUT2D eigenvalue weighted by molar-refractivity contribution is 0.356. The molecule has 1 aliphatic heterocycles. The Morgan fingerprint density at radius 3 is 2.74 bits per heavy atom. The first-order valence-corrected chi connectivity index (χ1v) is 10.4. The Kier molecular flexibility index (Phi) is 4.55. The van der Waals surface area contributed by atoms with Crippen molar-refractivity contribution in [2.24, 2.45) is 5.92 Å². The third kappa shape index (κ3) is 3.44. The molecular weight excluding hydrogens is 352 g/mol. The Labute approximate surface area is 165 Å². The molecule has 2 atom stereocenters. The SMILES string of the molecule is Clc1ccc(C2=CCNC(CC3CCc4[nH]c5ccccc5c4C3)C2)cc1. The van der Waals surface area contributed by atoms with Gasteiger partial charge >= 0.3 is 0 Å². The highest BCUT2D eigenvalue weighted by molar-refractivity contribution is 6.30. The molecule has 138 valence electrons. The number of H-pyrrole nitrogens is 1. The summed E-state index contributed by atoms with van der Waals surface area (Å²) in [6.45, 7) is 0.966. The summed E-state index contributed by atoms with van der Waals surface area (Å²) in [5.41, 5.74) is 7.09. The molecule has 27 heavy (non-hydrogen) atoms. The second-order valence-corrected chi connectivity index (χ2v) is 8.45. The lowest BCUT2D eigenvalue weighted by atomic mass is 9.80. The van der Waals surface area contributed by atoms with E-state index >= 15 is 0 Å². The van der Waals surface area contributed by atoms with Crippen LogP contribution in [0.15, 0.2) is 54.6 Å². The maximum absolute atomic E-state index is 6.05. The summed E-state index contributed by atoms with van der Waals surface area (Å²) < 4.78 is 0. The molecule has 0 spiro atoms. The number of fused-ring (bicyclic) bond motifs is 3. The fraction of sp³-hybridized carbons (Fsp3) is 0.333. The lowest BCUT2D eigenvalue weighted by Crippen LogP contribution is -2.35. The van der Waals surface area contributed by atoms with Gasteiger partial charge in [0.05, 0.1) is 0 Å². The largest absolute Gasteiger partial charge is 0.358 e. The Morgan fingerprint density at radius 2 is 1.85 bits per heavy atom. The van der Waals surface area contributed by atoms with Gasteiger partial charge in [-0.2, -0.15) is 0 Å². The first-order valence-electron chi connectivity index (χ1n) is 10.0. The molecule has 2 unspecified atom stereocenters. The second-order valence-electron chi connectivity index (χ2n) is 8.02. The predicted octanol–water partition coefficient (Wildman–Crippen LogP) is 5.76. The van der Waals surface area contributed by atoms with Gasteiger partial charge in [-0.1, -0.05) is 48.0 Å². The molecule has 3 heteroatoms. The van der Waals surface area contributed by atoms with E-state index in [1.807, 2.05) is 12.1 Å². The number of benzene rings is 2. The summed E-state index contributed by atoms with van der Waals surface area (Å²) in [7, 11) is 0. The van der Waals surface area contributed by atoms with Gasteiger partial charge in [0.25, 0.3) is 0 Å². The molecule has 2 aliphatic rings. The number of aromatic amines is 1. The topological polar surface area (TPSA) is 27.8 Å². The molecule has 2 aromatic carbocycles. The minimum absolute atomic E-state index is 0.567. The van der Waals surface area contributed by atoms with Crippen LogP contribution in [0.4, 0.5) is 0 Å². The van der Waals surface area contributed by atoms with Crippen LogP contribution in [0.3, 0.4) is 0 Å². The van der Waals surface area contributed by atoms with Crippen LogP contribution in [-0.4, -0.2) is 17.6 Å². The minimum Gasteiger partial charge on any atom is -0.358 e. The Bertz CT molecular complexity index is 983. The van der Waals surface area contributed by atoms with Crippen LogP contribution in [0.2, 0.25) is 5.02 Å². The zero-order chi connectivity index (χ0) is 18.2. The molecular formula is C24H25ClN2. The van der Waals surface area contributed by atoms with Crippen molar-refractivity contribution in [3.63, 3.8) is 0 Å². The molecule has 5 rings (SSSR count). The highest BCUT2D eigenvalue weighted by Crippen LogP contribution is 2.35. The van der Waals surface area contributed by atoms with E-state index in [4.69, 9.17) is 11.6 Å². The molecule has 2 nitrogen and oxygen atoms in total. The van der Waals surface area contributed by atoms with Crippen LogP contribution in [-0.2, 0) is 12.8 Å². The normalized spacial score (nSPS) is 22.5. The van der Waals surface area contributed by atoms with Gasteiger partial charge in [-0.15, -0.1) is 0 Å². The smallest absolute Gasteiger partial charge is 0.0458 e. The summed E-state index contributed by atoms with van der Waals surface area (Å²) in [6, 6.07) is 17.6. The van der Waals surface area contributed by atoms with Crippen LogP contribution >= 0.6 is 11.6 Å². The van der Waals surface area contributed by atoms with E-state index in [-0.39, 0.29) is 0 Å². The van der Waals surface area contributed by atoms with Gasteiger partial charge in [0, 0.05) is 34.2 Å². The summed E-state index contributed by atoms with van der Waals surface area (Å²) in [6.07, 6.45) is 8.37. The molecule has 0 amide bonds. The van der Waals surface area contributed by atoms with E-state index in [1.54, 1.807) is 5.56 Å². The molecule has 2 heterocycles. The molecule has 0 saturated heterocycles. The molecule has 0 bridgehead atoms. The summed E-state index contributed by atoms with van der Waals surface area (Å²) in [5, 5.41) is 5.96. The predicted molar refractivity (Wildman–Crippen MR) is 114 cm³/mol. The van der Waals surface area contributed by atoms with Gasteiger partial charge in [0.1, 0.15) is 0 Å². The fourth-order valence-electron chi connectivity index (χ4n) is 4.88. The van der Waals surface area contributed by atoms with E-state index in [2.05, 4.69) is 52.8 Å². The Balaban J connectivity index is 1.29. The van der Waals surface area contributed by atoms with E-state index in [9.17, 15) is 0 Å². The zero-order valence-electron chi connectivity index (χ0n) is 15.5. The van der Waals surface area contributed by atoms with Gasteiger partial charge in [-0.3, -0.25) is 0 Å². The van der Waals surface area contributed by atoms with E-state index in [0.717, 1.165) is 23.9 Å². The van der Waals surface area contributed by atoms with Crippen molar-refractivity contribution in [3.05, 3.63) is 76.5 Å². The average molecular weight is 377 g/mol. The molecule has 0 saturated carbocycles. The molecule has 0 radical (unpaired) electrons. The van der Waals surface area contributed by atoms with Gasteiger partial charge in [-0.05, 0) is 72.9 Å². The maximum Gasteiger partial charge on any atom is 0.0458 e. The number of halogens is 1. The van der Waals surface area contributed by atoms with Gasteiger partial charge in [-0.25, -0.2) is 0 Å². The molecule has 3 aromatic rings. The number of para-hydroxylation sites is 1. The number of aryl methyl sites for hydroxylation is 1. The van der Waals surface area contributed by atoms with E-state index in [0.29, 0.717) is 6.04 Å². The first kappa shape index (κ1) is 17.1. The Hall–Kier alpha value is -2.03. The van der Waals surface area contributed by atoms with Crippen molar-refractivity contribution in [2.75, 3.05) is 6.54 Å². The van der Waals surface area contributed by atoms with Gasteiger partial charge in [0.2, 0.25) is 0 Å². The van der Waals surface area contributed by atoms with Crippen molar-refractivity contribution in [1.29, 1.82) is 0 Å².